The van der Waals surface area contributed by atoms with Crippen molar-refractivity contribution in [3.8, 4) is 5.75 Å². The number of carbonyl (C=O) groups is 2. The molecule has 1 aliphatic rings. The van der Waals surface area contributed by atoms with Gasteiger partial charge in [-0.05, 0) is 110 Å². The van der Waals surface area contributed by atoms with Crippen molar-refractivity contribution in [2.24, 2.45) is 4.99 Å². The maximum absolute atomic E-state index is 13.1. The van der Waals surface area contributed by atoms with Crippen LogP contribution in [0.3, 0.4) is 0 Å². The summed E-state index contributed by atoms with van der Waals surface area (Å²) in [5.74, 6) is -0.700. The van der Waals surface area contributed by atoms with Gasteiger partial charge in [0.15, 0.2) is 5.17 Å². The predicted molar refractivity (Wildman–Crippen MR) is 153 cm³/mol. The Morgan fingerprint density at radius 2 is 1.84 bits per heavy atom. The molecule has 0 bridgehead atoms. The van der Waals surface area contributed by atoms with Crippen LogP contribution in [0.4, 0.5) is 11.4 Å². The van der Waals surface area contributed by atoms with Gasteiger partial charge in [-0.3, -0.25) is 19.8 Å². The Labute approximate surface area is 238 Å². The summed E-state index contributed by atoms with van der Waals surface area (Å²) in [5, 5.41) is 20.5. The first-order valence-corrected chi connectivity index (χ1v) is 13.5. The molecule has 194 valence electrons. The second kappa shape index (κ2) is 11.9. The van der Waals surface area contributed by atoms with Crippen LogP contribution in [0, 0.1) is 10.1 Å². The number of carbonyl (C=O) groups excluding carboxylic acids is 1. The number of hydrogen-bond acceptors (Lipinski definition) is 7. The molecule has 12 heteroatoms. The van der Waals surface area contributed by atoms with E-state index in [1.807, 2.05) is 19.1 Å². The first kappa shape index (κ1) is 27.6. The fourth-order valence-corrected chi connectivity index (χ4v) is 6.02. The summed E-state index contributed by atoms with van der Waals surface area (Å²) < 4.78 is 7.23. The zero-order chi connectivity index (χ0) is 27.4. The van der Waals surface area contributed by atoms with Gasteiger partial charge in [0.2, 0.25) is 0 Å². The molecule has 1 amide bonds. The number of amidine groups is 1. The zero-order valence-corrected chi connectivity index (χ0v) is 23.7. The van der Waals surface area contributed by atoms with E-state index in [1.54, 1.807) is 30.3 Å². The van der Waals surface area contributed by atoms with Gasteiger partial charge in [0, 0.05) is 18.7 Å². The summed E-state index contributed by atoms with van der Waals surface area (Å²) in [4.78, 5) is 41.2. The fourth-order valence-electron chi connectivity index (χ4n) is 3.51. The number of aromatic carboxylic acids is 1. The molecule has 1 saturated heterocycles. The molecule has 0 aromatic heterocycles. The molecule has 1 fully saturated rings. The fraction of sp³-hybridized carbons (Fsp3) is 0.115. The van der Waals surface area contributed by atoms with Crippen LogP contribution in [0.5, 0.6) is 5.75 Å². The topological polar surface area (TPSA) is 122 Å². The molecule has 38 heavy (non-hydrogen) atoms. The molecule has 3 aromatic rings. The zero-order valence-electron chi connectivity index (χ0n) is 19.8. The van der Waals surface area contributed by atoms with Crippen molar-refractivity contribution < 1.29 is 24.4 Å². The number of thioether (sulfide) groups is 1. The average Bonchev–Trinajstić information content (AvgIpc) is 3.17. The number of carboxylic acids is 1. The van der Waals surface area contributed by atoms with Gasteiger partial charge in [-0.1, -0.05) is 6.07 Å². The molecule has 1 aliphatic heterocycles. The summed E-state index contributed by atoms with van der Waals surface area (Å²) in [6, 6.07) is 16.0. The number of nitrogens with zero attached hydrogens (tertiary/aromatic N) is 3. The maximum Gasteiger partial charge on any atom is 0.335 e. The van der Waals surface area contributed by atoms with Gasteiger partial charge in [-0.2, -0.15) is 0 Å². The molecule has 0 saturated carbocycles. The molecule has 0 aliphatic carbocycles. The summed E-state index contributed by atoms with van der Waals surface area (Å²) in [6.07, 6.45) is 1.75. The third-order valence-corrected chi connectivity index (χ3v) is 7.56. The second-order valence-corrected chi connectivity index (χ2v) is 10.7. The minimum atomic E-state index is -1.05. The smallest absolute Gasteiger partial charge is 0.335 e. The summed E-state index contributed by atoms with van der Waals surface area (Å²) in [7, 11) is 0. The van der Waals surface area contributed by atoms with Gasteiger partial charge in [-0.15, -0.1) is 0 Å². The minimum Gasteiger partial charge on any atom is -0.487 e. The Kier molecular flexibility index (Phi) is 8.65. The summed E-state index contributed by atoms with van der Waals surface area (Å²) >= 11 is 8.25. The average molecular weight is 661 g/mol. The molecule has 3 aromatic carbocycles. The number of non-ortho nitro benzene ring substituents is 1. The van der Waals surface area contributed by atoms with E-state index in [0.29, 0.717) is 37.0 Å². The number of rotatable bonds is 8. The Hall–Kier alpha value is -3.48. The first-order chi connectivity index (χ1) is 18.2. The van der Waals surface area contributed by atoms with E-state index in [1.165, 1.54) is 40.9 Å². The van der Waals surface area contributed by atoms with Crippen LogP contribution in [0.2, 0.25) is 0 Å². The number of nitro benzene ring substituents is 1. The van der Waals surface area contributed by atoms with E-state index < -0.39 is 10.9 Å². The largest absolute Gasteiger partial charge is 0.487 e. The van der Waals surface area contributed by atoms with E-state index >= 15 is 0 Å². The van der Waals surface area contributed by atoms with Crippen LogP contribution in [0.25, 0.3) is 6.08 Å². The van der Waals surface area contributed by atoms with Crippen molar-refractivity contribution >= 4 is 78.1 Å². The first-order valence-electron chi connectivity index (χ1n) is 11.1. The van der Waals surface area contributed by atoms with Gasteiger partial charge in [0.25, 0.3) is 11.6 Å². The molecule has 0 unspecified atom stereocenters. The van der Waals surface area contributed by atoms with Crippen LogP contribution < -0.4 is 4.74 Å². The van der Waals surface area contributed by atoms with E-state index in [4.69, 9.17) is 4.74 Å². The number of benzene rings is 3. The van der Waals surface area contributed by atoms with Crippen molar-refractivity contribution in [1.29, 1.82) is 0 Å². The molecule has 1 heterocycles. The Morgan fingerprint density at radius 1 is 1.16 bits per heavy atom. The molecular weight excluding hydrogens is 642 g/mol. The molecule has 0 atom stereocenters. The Bertz CT molecular complexity index is 1470. The number of likely N-dealkylation sites (N-methyl/N-ethyl adjacent to an activating group) is 1. The van der Waals surface area contributed by atoms with Gasteiger partial charge in [-0.25, -0.2) is 9.79 Å². The van der Waals surface area contributed by atoms with Crippen molar-refractivity contribution in [2.75, 3.05) is 6.54 Å². The van der Waals surface area contributed by atoms with Gasteiger partial charge < -0.3 is 9.84 Å². The van der Waals surface area contributed by atoms with E-state index in [-0.39, 0.29) is 23.8 Å². The number of halogens is 2. The Morgan fingerprint density at radius 3 is 2.45 bits per heavy atom. The van der Waals surface area contributed by atoms with Gasteiger partial charge in [0.05, 0.1) is 30.0 Å². The highest BCUT2D eigenvalue weighted by molar-refractivity contribution is 9.11. The standard InChI is InChI=1S/C26H19Br2N3O6S/c1-2-30-24(32)22(38-26(30)29-18-5-3-4-17(13-18)25(33)34)12-16-10-20(27)23(21(28)11-16)37-14-15-6-8-19(9-7-15)31(35)36/h3-13H,2,14H2,1H3,(H,33,34)/b22-12-,29-26?. The summed E-state index contributed by atoms with van der Waals surface area (Å²) in [5.41, 5.74) is 2.09. The molecule has 1 N–H and O–H groups in total. The van der Waals surface area contributed by atoms with Crippen LogP contribution in [0.15, 0.2) is 79.5 Å². The maximum atomic E-state index is 13.1. The van der Waals surface area contributed by atoms with Crippen LogP contribution in [-0.2, 0) is 11.4 Å². The number of carboxylic acid groups (broad SMARTS) is 1. The van der Waals surface area contributed by atoms with Crippen molar-refractivity contribution in [3.63, 3.8) is 0 Å². The lowest BCUT2D eigenvalue weighted by atomic mass is 10.2. The summed E-state index contributed by atoms with van der Waals surface area (Å²) in [6.45, 7) is 2.45. The highest BCUT2D eigenvalue weighted by Crippen LogP contribution is 2.38. The molecule has 0 spiro atoms. The van der Waals surface area contributed by atoms with Gasteiger partial charge >= 0.3 is 5.97 Å². The molecule has 0 radical (unpaired) electrons. The van der Waals surface area contributed by atoms with Crippen molar-refractivity contribution in [1.82, 2.24) is 4.90 Å². The van der Waals surface area contributed by atoms with E-state index in [9.17, 15) is 24.8 Å². The van der Waals surface area contributed by atoms with E-state index in [2.05, 4.69) is 36.9 Å². The molecule has 9 nitrogen and oxygen atoms in total. The second-order valence-electron chi connectivity index (χ2n) is 7.94. The van der Waals surface area contributed by atoms with Crippen molar-refractivity contribution in [3.05, 3.63) is 101 Å². The highest BCUT2D eigenvalue weighted by atomic mass is 79.9. The predicted octanol–water partition coefficient (Wildman–Crippen LogP) is 7.02. The van der Waals surface area contributed by atoms with Crippen LogP contribution in [-0.4, -0.2) is 38.5 Å². The van der Waals surface area contributed by atoms with Crippen molar-refractivity contribution in [2.45, 2.75) is 13.5 Å². The normalized spacial score (nSPS) is 15.3. The number of amides is 1. The lowest BCUT2D eigenvalue weighted by Crippen LogP contribution is -2.28. The third kappa shape index (κ3) is 6.32. The monoisotopic (exact) mass is 659 g/mol. The number of nitro groups is 1. The number of hydrogen-bond donors (Lipinski definition) is 1. The number of aliphatic imine (C=N–C) groups is 1. The van der Waals surface area contributed by atoms with Gasteiger partial charge in [0.1, 0.15) is 12.4 Å². The SMILES string of the molecule is CCN1C(=O)/C(=C/c2cc(Br)c(OCc3ccc([N+](=O)[O-])cc3)c(Br)c2)SC1=Nc1cccc(C(=O)O)c1. The quantitative estimate of drug-likeness (QED) is 0.156. The lowest BCUT2D eigenvalue weighted by molar-refractivity contribution is -0.384. The Balaban J connectivity index is 1.54. The molecule has 4 rings (SSSR count). The molecular formula is C26H19Br2N3O6S. The third-order valence-electron chi connectivity index (χ3n) is 5.37. The van der Waals surface area contributed by atoms with Crippen LogP contribution in [0.1, 0.15) is 28.4 Å². The van der Waals surface area contributed by atoms with E-state index in [0.717, 1.165) is 11.1 Å². The lowest BCUT2D eigenvalue weighted by Gasteiger charge is -2.12. The minimum absolute atomic E-state index is 0.0106. The highest BCUT2D eigenvalue weighted by Gasteiger charge is 2.32. The van der Waals surface area contributed by atoms with Crippen LogP contribution >= 0.6 is 43.6 Å². The number of ether oxygens (including phenoxy) is 1.